The Morgan fingerprint density at radius 2 is 2.15 bits per heavy atom. The highest BCUT2D eigenvalue weighted by Gasteiger charge is 2.39. The lowest BCUT2D eigenvalue weighted by atomic mass is 9.82. The number of rotatable bonds is 6. The van der Waals surface area contributed by atoms with Gasteiger partial charge in [0, 0.05) is 25.3 Å². The van der Waals surface area contributed by atoms with Crippen LogP contribution in [-0.4, -0.2) is 34.1 Å². The lowest BCUT2D eigenvalue weighted by Gasteiger charge is -2.31. The second kappa shape index (κ2) is 5.49. The molecule has 1 atom stereocenters. The summed E-state index contributed by atoms with van der Waals surface area (Å²) in [4.78, 5) is 6.98. The van der Waals surface area contributed by atoms with Gasteiger partial charge < -0.3 is 10.3 Å². The van der Waals surface area contributed by atoms with E-state index in [0.717, 1.165) is 0 Å². The average Bonchev–Trinajstić information content (AvgIpc) is 3.06. The molecule has 1 aromatic rings. The Balaban J connectivity index is 1.78. The monoisotopic (exact) mass is 276 g/mol. The number of nitrogens with zero attached hydrogens (tertiary/aromatic N) is 3. The summed E-state index contributed by atoms with van der Waals surface area (Å²) in [6.45, 7) is 7.73. The van der Waals surface area contributed by atoms with E-state index in [-0.39, 0.29) is 0 Å². The Kier molecular flexibility index (Phi) is 3.87. The van der Waals surface area contributed by atoms with Crippen LogP contribution in [0.2, 0.25) is 0 Å². The predicted molar refractivity (Wildman–Crippen MR) is 81.5 cm³/mol. The Morgan fingerprint density at radius 1 is 1.40 bits per heavy atom. The molecule has 2 N–H and O–H groups in total. The van der Waals surface area contributed by atoms with Crippen LogP contribution in [-0.2, 0) is 0 Å². The van der Waals surface area contributed by atoms with E-state index >= 15 is 0 Å². The molecule has 112 valence electrons. The van der Waals surface area contributed by atoms with Gasteiger partial charge >= 0.3 is 0 Å². The summed E-state index contributed by atoms with van der Waals surface area (Å²) in [6, 6.07) is 1.03. The lowest BCUT2D eigenvalue weighted by molar-refractivity contribution is 0.192. The minimum absolute atomic E-state index is 0.345. The van der Waals surface area contributed by atoms with E-state index in [1.807, 2.05) is 12.5 Å². The fraction of sp³-hybridized carbons (Fsp3) is 0.812. The summed E-state index contributed by atoms with van der Waals surface area (Å²) in [6.07, 6.45) is 10.5. The van der Waals surface area contributed by atoms with Gasteiger partial charge in [-0.05, 0) is 44.1 Å². The topological polar surface area (TPSA) is 47.1 Å². The van der Waals surface area contributed by atoms with Gasteiger partial charge in [0.1, 0.15) is 0 Å². The smallest absolute Gasteiger partial charge is 0.0951 e. The molecule has 1 saturated carbocycles. The first kappa shape index (κ1) is 14.1. The fourth-order valence-corrected chi connectivity index (χ4v) is 3.75. The zero-order valence-corrected chi connectivity index (χ0v) is 12.9. The number of nitrogens with two attached hydrogens (primary N) is 1. The van der Waals surface area contributed by atoms with Gasteiger partial charge in [-0.2, -0.15) is 0 Å². The van der Waals surface area contributed by atoms with Crippen molar-refractivity contribution in [1.29, 1.82) is 0 Å². The van der Waals surface area contributed by atoms with Crippen LogP contribution in [0, 0.1) is 5.41 Å². The summed E-state index contributed by atoms with van der Waals surface area (Å²) < 4.78 is 2.37. The van der Waals surface area contributed by atoms with Crippen molar-refractivity contribution < 1.29 is 0 Å². The van der Waals surface area contributed by atoms with Gasteiger partial charge in [-0.3, -0.25) is 4.90 Å². The molecule has 0 radical (unpaired) electrons. The highest BCUT2D eigenvalue weighted by Crippen LogP contribution is 2.42. The second-order valence-corrected chi connectivity index (χ2v) is 6.64. The van der Waals surface area contributed by atoms with E-state index < -0.39 is 0 Å². The maximum absolute atomic E-state index is 6.12. The quantitative estimate of drug-likeness (QED) is 0.869. The van der Waals surface area contributed by atoms with Crippen LogP contribution in [0.3, 0.4) is 0 Å². The summed E-state index contributed by atoms with van der Waals surface area (Å²) in [5.74, 6) is 0. The van der Waals surface area contributed by atoms with E-state index in [4.69, 9.17) is 5.73 Å². The normalized spacial score (nSPS) is 24.1. The van der Waals surface area contributed by atoms with Crippen molar-refractivity contribution >= 4 is 0 Å². The fourth-order valence-electron chi connectivity index (χ4n) is 3.75. The lowest BCUT2D eigenvalue weighted by Crippen LogP contribution is -2.35. The molecule has 0 amide bonds. The Morgan fingerprint density at radius 3 is 2.70 bits per heavy atom. The van der Waals surface area contributed by atoms with Gasteiger partial charge in [-0.15, -0.1) is 0 Å². The van der Waals surface area contributed by atoms with Crippen molar-refractivity contribution in [3.63, 3.8) is 0 Å². The number of likely N-dealkylation sites (tertiary alicyclic amines) is 1. The van der Waals surface area contributed by atoms with E-state index in [1.54, 1.807) is 0 Å². The highest BCUT2D eigenvalue weighted by molar-refractivity contribution is 5.11. The Labute approximate surface area is 122 Å². The van der Waals surface area contributed by atoms with Crippen molar-refractivity contribution in [2.24, 2.45) is 11.1 Å². The number of hydrogen-bond donors (Lipinski definition) is 1. The first-order chi connectivity index (χ1) is 9.73. The van der Waals surface area contributed by atoms with E-state index in [0.29, 0.717) is 24.0 Å². The molecule has 1 aliphatic carbocycles. The standard InChI is InChI=1S/C16H28N4/c1-3-16(4-2)7-8-19(11-16)14(9-17)15-10-18-12-20(15)13-5-6-13/h10,12-14H,3-9,11,17H2,1-2H3. The van der Waals surface area contributed by atoms with Crippen molar-refractivity contribution in [2.75, 3.05) is 19.6 Å². The molecule has 2 heterocycles. The molecule has 0 spiro atoms. The third kappa shape index (κ3) is 2.40. The number of aromatic nitrogens is 2. The maximum Gasteiger partial charge on any atom is 0.0951 e. The van der Waals surface area contributed by atoms with Crippen LogP contribution in [0.1, 0.15) is 63.7 Å². The first-order valence-electron chi connectivity index (χ1n) is 8.19. The minimum atomic E-state index is 0.345. The van der Waals surface area contributed by atoms with Crippen molar-refractivity contribution in [1.82, 2.24) is 14.5 Å². The largest absolute Gasteiger partial charge is 0.330 e. The molecule has 1 aliphatic heterocycles. The third-order valence-electron chi connectivity index (χ3n) is 5.61. The van der Waals surface area contributed by atoms with Crippen molar-refractivity contribution in [3.8, 4) is 0 Å². The molecule has 0 aromatic carbocycles. The Bertz CT molecular complexity index is 445. The van der Waals surface area contributed by atoms with Gasteiger partial charge in [-0.25, -0.2) is 4.98 Å². The molecular weight excluding hydrogens is 248 g/mol. The average molecular weight is 276 g/mol. The third-order valence-corrected chi connectivity index (χ3v) is 5.61. The van der Waals surface area contributed by atoms with Gasteiger partial charge in [0.05, 0.1) is 18.1 Å². The first-order valence-corrected chi connectivity index (χ1v) is 8.19. The SMILES string of the molecule is CCC1(CC)CCN(C(CN)c2cncn2C2CC2)C1. The van der Waals surface area contributed by atoms with Gasteiger partial charge in [0.15, 0.2) is 0 Å². The van der Waals surface area contributed by atoms with Crippen LogP contribution in [0.15, 0.2) is 12.5 Å². The van der Waals surface area contributed by atoms with Crippen LogP contribution >= 0.6 is 0 Å². The zero-order valence-electron chi connectivity index (χ0n) is 12.9. The molecule has 2 fully saturated rings. The van der Waals surface area contributed by atoms with Crippen LogP contribution in [0.25, 0.3) is 0 Å². The molecule has 4 heteroatoms. The molecule has 1 saturated heterocycles. The van der Waals surface area contributed by atoms with Gasteiger partial charge in [0.2, 0.25) is 0 Å². The molecule has 2 aliphatic rings. The molecular formula is C16H28N4. The van der Waals surface area contributed by atoms with Crippen LogP contribution in [0.4, 0.5) is 0 Å². The molecule has 20 heavy (non-hydrogen) atoms. The maximum atomic E-state index is 6.12. The van der Waals surface area contributed by atoms with Crippen LogP contribution < -0.4 is 5.73 Å². The van der Waals surface area contributed by atoms with E-state index in [1.165, 1.54) is 50.9 Å². The summed E-state index contributed by atoms with van der Waals surface area (Å²) in [5, 5.41) is 0. The van der Waals surface area contributed by atoms with Crippen LogP contribution in [0.5, 0.6) is 0 Å². The molecule has 1 unspecified atom stereocenters. The Hall–Kier alpha value is -0.870. The number of hydrogen-bond acceptors (Lipinski definition) is 3. The molecule has 0 bridgehead atoms. The van der Waals surface area contributed by atoms with E-state index in [9.17, 15) is 0 Å². The zero-order chi connectivity index (χ0) is 14.2. The van der Waals surface area contributed by atoms with Crippen molar-refractivity contribution in [3.05, 3.63) is 18.2 Å². The minimum Gasteiger partial charge on any atom is -0.330 e. The van der Waals surface area contributed by atoms with Crippen molar-refractivity contribution in [2.45, 2.75) is 58.0 Å². The molecule has 3 rings (SSSR count). The highest BCUT2D eigenvalue weighted by atomic mass is 15.2. The summed E-state index contributed by atoms with van der Waals surface area (Å²) >= 11 is 0. The second-order valence-electron chi connectivity index (χ2n) is 6.64. The van der Waals surface area contributed by atoms with E-state index in [2.05, 4.69) is 28.3 Å². The molecule has 4 nitrogen and oxygen atoms in total. The predicted octanol–water partition coefficient (Wildman–Crippen LogP) is 2.73. The number of imidazole rings is 1. The van der Waals surface area contributed by atoms with Gasteiger partial charge in [0.25, 0.3) is 0 Å². The van der Waals surface area contributed by atoms with Gasteiger partial charge in [-0.1, -0.05) is 13.8 Å². The summed E-state index contributed by atoms with van der Waals surface area (Å²) in [7, 11) is 0. The summed E-state index contributed by atoms with van der Waals surface area (Å²) in [5.41, 5.74) is 7.97. The molecule has 1 aromatic heterocycles.